The lowest BCUT2D eigenvalue weighted by molar-refractivity contribution is 0.1000. The van der Waals surface area contributed by atoms with Crippen LogP contribution in [0.3, 0.4) is 0 Å². The summed E-state index contributed by atoms with van der Waals surface area (Å²) in [4.78, 5) is 29.2. The molecule has 6 heteroatoms. The second-order valence-corrected chi connectivity index (χ2v) is 6.72. The number of hydrogen-bond acceptors (Lipinski definition) is 4. The summed E-state index contributed by atoms with van der Waals surface area (Å²) in [7, 11) is 0. The average molecular weight is 315 g/mol. The molecule has 1 aliphatic carbocycles. The molecule has 0 unspecified atom stereocenters. The van der Waals surface area contributed by atoms with E-state index in [0.717, 1.165) is 29.7 Å². The third-order valence-corrected chi connectivity index (χ3v) is 5.10. The van der Waals surface area contributed by atoms with Gasteiger partial charge in [0.05, 0.1) is 5.56 Å². The van der Waals surface area contributed by atoms with Crippen molar-refractivity contribution >= 4 is 28.2 Å². The Balaban J connectivity index is 1.94. The topological polar surface area (TPSA) is 85.1 Å². The predicted molar refractivity (Wildman–Crippen MR) is 86.2 cm³/mol. The van der Waals surface area contributed by atoms with E-state index in [4.69, 9.17) is 5.73 Å². The smallest absolute Gasteiger partial charge is 0.256 e. The fourth-order valence-electron chi connectivity index (χ4n) is 2.78. The summed E-state index contributed by atoms with van der Waals surface area (Å²) in [6.07, 6.45) is 5.94. The van der Waals surface area contributed by atoms with Crippen molar-refractivity contribution in [3.05, 3.63) is 46.1 Å². The van der Waals surface area contributed by atoms with Crippen LogP contribution in [0.5, 0.6) is 0 Å². The van der Waals surface area contributed by atoms with Crippen molar-refractivity contribution in [3.8, 4) is 0 Å². The first-order valence-corrected chi connectivity index (χ1v) is 8.03. The summed E-state index contributed by atoms with van der Waals surface area (Å²) in [6.45, 7) is 2.20. The Morgan fingerprint density at radius 3 is 2.77 bits per heavy atom. The Hall–Kier alpha value is -2.21. The normalized spacial score (nSPS) is 16.9. The number of hydrogen-bond donors (Lipinski definition) is 2. The summed E-state index contributed by atoms with van der Waals surface area (Å²) in [6, 6.07) is 3.27. The molecule has 0 saturated carbocycles. The number of carbonyl (C=O) groups excluding carboxylic acids is 2. The van der Waals surface area contributed by atoms with E-state index < -0.39 is 5.91 Å². The van der Waals surface area contributed by atoms with Crippen molar-refractivity contribution in [2.75, 3.05) is 5.32 Å². The molecule has 2 heterocycles. The molecule has 3 rings (SSSR count). The minimum atomic E-state index is -0.475. The van der Waals surface area contributed by atoms with Gasteiger partial charge in [0.2, 0.25) is 0 Å². The molecule has 0 fully saturated rings. The minimum absolute atomic E-state index is 0.253. The van der Waals surface area contributed by atoms with Gasteiger partial charge in [-0.3, -0.25) is 14.6 Å². The zero-order valence-corrected chi connectivity index (χ0v) is 13.1. The third kappa shape index (κ3) is 2.74. The largest absolute Gasteiger partial charge is 0.365 e. The van der Waals surface area contributed by atoms with Gasteiger partial charge in [-0.1, -0.05) is 6.92 Å². The average Bonchev–Trinajstić information content (AvgIpc) is 2.85. The lowest BCUT2D eigenvalue weighted by Gasteiger charge is -2.18. The molecule has 0 bridgehead atoms. The first-order valence-electron chi connectivity index (χ1n) is 7.22. The molecule has 2 aromatic heterocycles. The molecule has 5 nitrogen and oxygen atoms in total. The van der Waals surface area contributed by atoms with Gasteiger partial charge in [-0.2, -0.15) is 0 Å². The lowest BCUT2D eigenvalue weighted by Crippen LogP contribution is -2.19. The standard InChI is InChI=1S/C16H17N3O2S/c1-9-2-3-11-12(8-9)22-16(13(11)14(17)20)19-15(21)10-4-6-18-7-5-10/h4-7,9H,2-3,8H2,1H3,(H2,17,20)(H,19,21)/t9-/m0/s1. The summed E-state index contributed by atoms with van der Waals surface area (Å²) in [5.41, 5.74) is 7.54. The van der Waals surface area contributed by atoms with E-state index >= 15 is 0 Å². The van der Waals surface area contributed by atoms with Crippen LogP contribution in [0.2, 0.25) is 0 Å². The van der Waals surface area contributed by atoms with Gasteiger partial charge in [-0.05, 0) is 42.9 Å². The van der Waals surface area contributed by atoms with E-state index in [0.29, 0.717) is 22.0 Å². The molecule has 0 radical (unpaired) electrons. The molecule has 0 aliphatic heterocycles. The maximum Gasteiger partial charge on any atom is 0.256 e. The Kier molecular flexibility index (Phi) is 3.94. The van der Waals surface area contributed by atoms with Crippen molar-refractivity contribution in [1.82, 2.24) is 4.98 Å². The highest BCUT2D eigenvalue weighted by molar-refractivity contribution is 7.17. The molecule has 22 heavy (non-hydrogen) atoms. The zero-order valence-electron chi connectivity index (χ0n) is 12.3. The maximum atomic E-state index is 12.3. The quantitative estimate of drug-likeness (QED) is 0.913. The monoisotopic (exact) mass is 315 g/mol. The van der Waals surface area contributed by atoms with E-state index in [2.05, 4.69) is 17.2 Å². The summed E-state index contributed by atoms with van der Waals surface area (Å²) in [5.74, 6) is -0.135. The maximum absolute atomic E-state index is 12.3. The molecule has 2 aromatic rings. The molecule has 3 N–H and O–H groups in total. The number of carbonyl (C=O) groups is 2. The summed E-state index contributed by atoms with van der Waals surface area (Å²) >= 11 is 1.47. The van der Waals surface area contributed by atoms with Crippen LogP contribution >= 0.6 is 11.3 Å². The number of primary amides is 1. The fourth-order valence-corrected chi connectivity index (χ4v) is 4.19. The zero-order chi connectivity index (χ0) is 15.7. The van der Waals surface area contributed by atoms with Gasteiger partial charge in [-0.15, -0.1) is 11.3 Å². The molecule has 114 valence electrons. The van der Waals surface area contributed by atoms with Crippen LogP contribution in [0.15, 0.2) is 24.5 Å². The SMILES string of the molecule is C[C@H]1CCc2c(sc(NC(=O)c3ccncc3)c2C(N)=O)C1. The van der Waals surface area contributed by atoms with E-state index in [1.165, 1.54) is 11.3 Å². The molecule has 0 aromatic carbocycles. The van der Waals surface area contributed by atoms with Gasteiger partial charge in [0.25, 0.3) is 11.8 Å². The van der Waals surface area contributed by atoms with Crippen molar-refractivity contribution in [3.63, 3.8) is 0 Å². The number of anilines is 1. The van der Waals surface area contributed by atoms with Gasteiger partial charge in [0, 0.05) is 22.8 Å². The van der Waals surface area contributed by atoms with Gasteiger partial charge in [0.15, 0.2) is 0 Å². The number of nitrogens with zero attached hydrogens (tertiary/aromatic N) is 1. The lowest BCUT2D eigenvalue weighted by atomic mass is 9.88. The van der Waals surface area contributed by atoms with Crippen LogP contribution in [0.25, 0.3) is 0 Å². The molecule has 1 atom stereocenters. The Labute approximate surface area is 132 Å². The number of rotatable bonds is 3. The molecule has 1 aliphatic rings. The van der Waals surface area contributed by atoms with Crippen LogP contribution in [-0.2, 0) is 12.8 Å². The predicted octanol–water partition coefficient (Wildman–Crippen LogP) is 2.62. The van der Waals surface area contributed by atoms with Gasteiger partial charge in [0.1, 0.15) is 5.00 Å². The van der Waals surface area contributed by atoms with Gasteiger partial charge < -0.3 is 11.1 Å². The molecule has 2 amide bonds. The van der Waals surface area contributed by atoms with E-state index in [9.17, 15) is 9.59 Å². The third-order valence-electron chi connectivity index (χ3n) is 3.93. The molecular formula is C16H17N3O2S. The van der Waals surface area contributed by atoms with Crippen molar-refractivity contribution in [2.24, 2.45) is 11.7 Å². The molecular weight excluding hydrogens is 298 g/mol. The van der Waals surface area contributed by atoms with Crippen LogP contribution in [0.1, 0.15) is 44.5 Å². The second-order valence-electron chi connectivity index (χ2n) is 5.61. The van der Waals surface area contributed by atoms with Crippen LogP contribution < -0.4 is 11.1 Å². The highest BCUT2D eigenvalue weighted by Crippen LogP contribution is 2.39. The van der Waals surface area contributed by atoms with Crippen LogP contribution in [-0.4, -0.2) is 16.8 Å². The van der Waals surface area contributed by atoms with Gasteiger partial charge in [-0.25, -0.2) is 0 Å². The molecule has 0 saturated heterocycles. The van der Waals surface area contributed by atoms with Crippen molar-refractivity contribution in [1.29, 1.82) is 0 Å². The van der Waals surface area contributed by atoms with Crippen molar-refractivity contribution in [2.45, 2.75) is 26.2 Å². The number of fused-ring (bicyclic) bond motifs is 1. The molecule has 0 spiro atoms. The van der Waals surface area contributed by atoms with E-state index in [1.54, 1.807) is 24.5 Å². The van der Waals surface area contributed by atoms with Crippen molar-refractivity contribution < 1.29 is 9.59 Å². The van der Waals surface area contributed by atoms with E-state index in [-0.39, 0.29) is 5.91 Å². The Morgan fingerprint density at radius 1 is 1.36 bits per heavy atom. The van der Waals surface area contributed by atoms with Gasteiger partial charge >= 0.3 is 0 Å². The Bertz CT molecular complexity index is 724. The van der Waals surface area contributed by atoms with Crippen LogP contribution in [0.4, 0.5) is 5.00 Å². The van der Waals surface area contributed by atoms with Crippen LogP contribution in [0, 0.1) is 5.92 Å². The number of aromatic nitrogens is 1. The highest BCUT2D eigenvalue weighted by atomic mass is 32.1. The number of nitrogens with one attached hydrogen (secondary N) is 1. The van der Waals surface area contributed by atoms with E-state index in [1.807, 2.05) is 0 Å². The summed E-state index contributed by atoms with van der Waals surface area (Å²) in [5, 5.41) is 3.39. The number of thiophene rings is 1. The fraction of sp³-hybridized carbons (Fsp3) is 0.312. The first-order chi connectivity index (χ1) is 10.6. The Morgan fingerprint density at radius 2 is 2.09 bits per heavy atom. The number of amides is 2. The second kappa shape index (κ2) is 5.88. The first kappa shape index (κ1) is 14.7. The summed E-state index contributed by atoms with van der Waals surface area (Å²) < 4.78 is 0. The number of nitrogens with two attached hydrogens (primary N) is 1. The minimum Gasteiger partial charge on any atom is -0.365 e. The number of pyridine rings is 1. The highest BCUT2D eigenvalue weighted by Gasteiger charge is 2.27.